The molecule has 184 valence electrons. The summed E-state index contributed by atoms with van der Waals surface area (Å²) >= 11 is 0. The van der Waals surface area contributed by atoms with Gasteiger partial charge in [0.2, 0.25) is 0 Å². The number of carbonyl (C=O) groups is 1. The van der Waals surface area contributed by atoms with Crippen molar-refractivity contribution < 1.29 is 9.53 Å². The Morgan fingerprint density at radius 2 is 1.44 bits per heavy atom. The van der Waals surface area contributed by atoms with Crippen molar-refractivity contribution in [2.24, 2.45) is 0 Å². The van der Waals surface area contributed by atoms with Crippen molar-refractivity contribution in [1.82, 2.24) is 4.90 Å². The van der Waals surface area contributed by atoms with Gasteiger partial charge >= 0.3 is 5.97 Å². The summed E-state index contributed by atoms with van der Waals surface area (Å²) in [5.74, 6) is -0.179. The number of hydrogen-bond acceptors (Lipinski definition) is 3. The van der Waals surface area contributed by atoms with E-state index < -0.39 is 0 Å². The third-order valence-electron chi connectivity index (χ3n) is 6.78. The monoisotopic (exact) mass is 477 g/mol. The molecule has 3 heteroatoms. The molecule has 3 nitrogen and oxygen atoms in total. The molecule has 0 fully saturated rings. The normalized spacial score (nSPS) is 12.8. The quantitative estimate of drug-likeness (QED) is 0.217. The molecule has 4 aromatic carbocycles. The molecule has 4 aromatic rings. The second-order valence-corrected chi connectivity index (χ2v) is 9.21. The molecule has 0 unspecified atom stereocenters. The van der Waals surface area contributed by atoms with Gasteiger partial charge in [-0.3, -0.25) is 9.69 Å². The first-order chi connectivity index (χ1) is 17.6. The molecule has 36 heavy (non-hydrogen) atoms. The van der Waals surface area contributed by atoms with Crippen LogP contribution >= 0.6 is 0 Å². The van der Waals surface area contributed by atoms with Gasteiger partial charge in [-0.25, -0.2) is 0 Å². The minimum absolute atomic E-state index is 0.0907. The lowest BCUT2D eigenvalue weighted by molar-refractivity contribution is -0.145. The van der Waals surface area contributed by atoms with Gasteiger partial charge < -0.3 is 4.74 Å². The van der Waals surface area contributed by atoms with Gasteiger partial charge in [-0.1, -0.05) is 103 Å². The van der Waals surface area contributed by atoms with Gasteiger partial charge in [0.1, 0.15) is 0 Å². The highest BCUT2D eigenvalue weighted by atomic mass is 16.5. The smallest absolute Gasteiger partial charge is 0.307 e. The molecule has 0 saturated carbocycles. The van der Waals surface area contributed by atoms with E-state index in [9.17, 15) is 4.79 Å². The fourth-order valence-corrected chi connectivity index (χ4v) is 4.85. The second-order valence-electron chi connectivity index (χ2n) is 9.21. The Balaban J connectivity index is 1.80. The van der Waals surface area contributed by atoms with E-state index in [4.69, 9.17) is 4.74 Å². The average Bonchev–Trinajstić information content (AvgIpc) is 2.92. The van der Waals surface area contributed by atoms with Crippen LogP contribution in [0.4, 0.5) is 0 Å². The Bertz CT molecular complexity index is 1250. The summed E-state index contributed by atoms with van der Waals surface area (Å²) in [7, 11) is 0. The van der Waals surface area contributed by atoms with Gasteiger partial charge in [-0.05, 0) is 60.2 Å². The molecule has 0 spiro atoms. The van der Waals surface area contributed by atoms with E-state index in [1.54, 1.807) is 0 Å². The molecular formula is C33H35NO2. The summed E-state index contributed by atoms with van der Waals surface area (Å²) in [6, 6.07) is 38.0. The van der Waals surface area contributed by atoms with Crippen molar-refractivity contribution in [3.8, 4) is 11.1 Å². The summed E-state index contributed by atoms with van der Waals surface area (Å²) in [5.41, 5.74) is 7.14. The van der Waals surface area contributed by atoms with Crippen LogP contribution in [0.25, 0.3) is 11.1 Å². The van der Waals surface area contributed by atoms with Gasteiger partial charge in [0, 0.05) is 18.6 Å². The molecule has 0 aliphatic rings. The number of nitrogens with zero attached hydrogens (tertiary/aromatic N) is 1. The number of ether oxygens (including phenoxy) is 1. The second kappa shape index (κ2) is 12.3. The number of esters is 1. The molecule has 0 amide bonds. The van der Waals surface area contributed by atoms with Crippen molar-refractivity contribution in [2.45, 2.75) is 45.8 Å². The van der Waals surface area contributed by atoms with Crippen molar-refractivity contribution in [2.75, 3.05) is 6.61 Å². The summed E-state index contributed by atoms with van der Waals surface area (Å²) in [4.78, 5) is 15.3. The van der Waals surface area contributed by atoms with Crippen LogP contribution in [0.1, 0.15) is 54.6 Å². The molecular weight excluding hydrogens is 442 g/mol. The third-order valence-corrected chi connectivity index (χ3v) is 6.78. The molecule has 0 saturated heterocycles. The lowest BCUT2D eigenvalue weighted by Gasteiger charge is -2.37. The number of benzene rings is 4. The fourth-order valence-electron chi connectivity index (χ4n) is 4.85. The Kier molecular flexibility index (Phi) is 8.70. The first kappa shape index (κ1) is 25.4. The van der Waals surface area contributed by atoms with E-state index in [-0.39, 0.29) is 24.5 Å². The van der Waals surface area contributed by atoms with E-state index in [1.807, 2.05) is 19.1 Å². The number of carbonyl (C=O) groups excluding carboxylic acids is 1. The zero-order valence-corrected chi connectivity index (χ0v) is 21.4. The standard InChI is InChI=1S/C33H35NO2/c1-4-36-33(35)23-32(30-20-13-19-29(22-30)31-21-12-11-14-25(31)2)34(24-27-15-7-5-8-16-27)26(3)28-17-9-6-10-18-28/h5-22,26,32H,4,23-24H2,1-3H3/t26-,32+/m1/s1. The van der Waals surface area contributed by atoms with E-state index in [0.717, 1.165) is 17.7 Å². The number of rotatable bonds is 10. The largest absolute Gasteiger partial charge is 0.466 e. The maximum absolute atomic E-state index is 12.9. The topological polar surface area (TPSA) is 29.5 Å². The molecule has 4 rings (SSSR count). The maximum Gasteiger partial charge on any atom is 0.307 e. The number of hydrogen-bond donors (Lipinski definition) is 0. The highest BCUT2D eigenvalue weighted by molar-refractivity contribution is 5.71. The van der Waals surface area contributed by atoms with Crippen LogP contribution in [0, 0.1) is 6.92 Å². The van der Waals surface area contributed by atoms with E-state index >= 15 is 0 Å². The highest BCUT2D eigenvalue weighted by Crippen LogP contribution is 2.36. The van der Waals surface area contributed by atoms with Gasteiger partial charge in [-0.2, -0.15) is 0 Å². The molecule has 2 atom stereocenters. The van der Waals surface area contributed by atoms with Crippen LogP contribution < -0.4 is 0 Å². The van der Waals surface area contributed by atoms with E-state index in [1.165, 1.54) is 22.3 Å². The van der Waals surface area contributed by atoms with Crippen LogP contribution in [0.2, 0.25) is 0 Å². The maximum atomic E-state index is 12.9. The van der Waals surface area contributed by atoms with Crippen LogP contribution in [-0.2, 0) is 16.1 Å². The van der Waals surface area contributed by atoms with E-state index in [2.05, 4.69) is 116 Å². The van der Waals surface area contributed by atoms with Crippen molar-refractivity contribution in [3.05, 3.63) is 131 Å². The first-order valence-corrected chi connectivity index (χ1v) is 12.7. The average molecular weight is 478 g/mol. The minimum atomic E-state index is -0.179. The van der Waals surface area contributed by atoms with Gasteiger partial charge in [0.05, 0.1) is 13.0 Å². The van der Waals surface area contributed by atoms with Crippen molar-refractivity contribution in [1.29, 1.82) is 0 Å². The molecule has 0 heterocycles. The van der Waals surface area contributed by atoms with Gasteiger partial charge in [0.15, 0.2) is 0 Å². The highest BCUT2D eigenvalue weighted by Gasteiger charge is 2.29. The predicted octanol–water partition coefficient (Wildman–Crippen LogP) is 7.92. The minimum Gasteiger partial charge on any atom is -0.466 e. The molecule has 0 radical (unpaired) electrons. The predicted molar refractivity (Wildman–Crippen MR) is 147 cm³/mol. The van der Waals surface area contributed by atoms with Gasteiger partial charge in [-0.15, -0.1) is 0 Å². The third kappa shape index (κ3) is 6.30. The van der Waals surface area contributed by atoms with Crippen LogP contribution in [-0.4, -0.2) is 17.5 Å². The number of aryl methyl sites for hydroxylation is 1. The lowest BCUT2D eigenvalue weighted by atomic mass is 9.93. The summed E-state index contributed by atoms with van der Waals surface area (Å²) in [5, 5.41) is 0. The Hall–Kier alpha value is -3.69. The lowest BCUT2D eigenvalue weighted by Crippen LogP contribution is -2.33. The fraction of sp³-hybridized carbons (Fsp3) is 0.242. The zero-order valence-electron chi connectivity index (χ0n) is 21.4. The molecule has 0 aliphatic heterocycles. The SMILES string of the molecule is CCOC(=O)C[C@@H](c1cccc(-c2ccccc2C)c1)N(Cc1ccccc1)[C@H](C)c1ccccc1. The first-order valence-electron chi connectivity index (χ1n) is 12.7. The zero-order chi connectivity index (χ0) is 25.3. The Morgan fingerprint density at radius 1 is 0.806 bits per heavy atom. The summed E-state index contributed by atoms with van der Waals surface area (Å²) in [6.07, 6.45) is 0.287. The summed E-state index contributed by atoms with van der Waals surface area (Å²) in [6.45, 7) is 7.32. The van der Waals surface area contributed by atoms with Crippen LogP contribution in [0.5, 0.6) is 0 Å². The molecule has 0 aromatic heterocycles. The van der Waals surface area contributed by atoms with Crippen LogP contribution in [0.15, 0.2) is 109 Å². The molecule has 0 aliphatic carbocycles. The van der Waals surface area contributed by atoms with Crippen LogP contribution in [0.3, 0.4) is 0 Å². The Morgan fingerprint density at radius 3 is 2.14 bits per heavy atom. The summed E-state index contributed by atoms with van der Waals surface area (Å²) < 4.78 is 5.45. The van der Waals surface area contributed by atoms with Crippen molar-refractivity contribution >= 4 is 5.97 Å². The van der Waals surface area contributed by atoms with Gasteiger partial charge in [0.25, 0.3) is 0 Å². The Labute approximate surface area is 215 Å². The molecule has 0 N–H and O–H groups in total. The van der Waals surface area contributed by atoms with Crippen molar-refractivity contribution in [3.63, 3.8) is 0 Å². The molecule has 0 bridgehead atoms. The van der Waals surface area contributed by atoms with E-state index in [0.29, 0.717) is 6.61 Å².